The second-order valence-electron chi connectivity index (χ2n) is 8.71. The average Bonchev–Trinajstić information content (AvgIpc) is 2.88. The van der Waals surface area contributed by atoms with Crippen molar-refractivity contribution >= 4 is 52.8 Å². The van der Waals surface area contributed by atoms with Gasteiger partial charge in [0.05, 0.1) is 12.3 Å². The van der Waals surface area contributed by atoms with Crippen LogP contribution in [0.4, 0.5) is 16.2 Å². The lowest BCUT2D eigenvalue weighted by Crippen LogP contribution is -2.54. The largest absolute Gasteiger partial charge is 0.490 e. The number of halogens is 1. The van der Waals surface area contributed by atoms with Crippen molar-refractivity contribution in [2.24, 2.45) is 0 Å². The minimum absolute atomic E-state index is 0.223. The van der Waals surface area contributed by atoms with E-state index in [1.165, 1.54) is 18.2 Å². The number of nitrogens with one attached hydrogen (secondary N) is 2. The summed E-state index contributed by atoms with van der Waals surface area (Å²) in [5.74, 6) is -1.35. The number of hydrogen-bond donors (Lipinski definition) is 2. The molecule has 5 amide bonds. The van der Waals surface area contributed by atoms with Crippen molar-refractivity contribution in [3.8, 4) is 11.5 Å². The molecule has 0 unspecified atom stereocenters. The van der Waals surface area contributed by atoms with E-state index in [1.807, 2.05) is 32.0 Å². The zero-order valence-electron chi connectivity index (χ0n) is 21.5. The van der Waals surface area contributed by atoms with Crippen molar-refractivity contribution in [2.45, 2.75) is 20.8 Å². The van der Waals surface area contributed by atoms with Gasteiger partial charge >= 0.3 is 6.03 Å². The van der Waals surface area contributed by atoms with Crippen LogP contribution in [0.25, 0.3) is 6.08 Å². The topological polar surface area (TPSA) is 114 Å². The number of imide groups is 2. The van der Waals surface area contributed by atoms with Crippen molar-refractivity contribution < 1.29 is 28.7 Å². The molecule has 1 heterocycles. The minimum atomic E-state index is -0.873. The molecular weight excluding hydrogens is 522 g/mol. The number of hydrogen-bond acceptors (Lipinski definition) is 6. The third kappa shape index (κ3) is 6.45. The highest BCUT2D eigenvalue weighted by molar-refractivity contribution is 6.39. The van der Waals surface area contributed by atoms with E-state index in [2.05, 4.69) is 10.6 Å². The second-order valence-corrected chi connectivity index (χ2v) is 9.15. The molecular formula is C29H26ClN3O6. The average molecular weight is 548 g/mol. The SMILES string of the molecule is CCOc1cc(/C=C2\C(=O)NC(=O)N(c3cccc(Cl)c3)C2=O)ccc1OCC(=O)Nc1ccc(C)c(C)c1. The predicted molar refractivity (Wildman–Crippen MR) is 148 cm³/mol. The number of benzene rings is 3. The Balaban J connectivity index is 1.53. The smallest absolute Gasteiger partial charge is 0.335 e. The van der Waals surface area contributed by atoms with E-state index in [9.17, 15) is 19.2 Å². The normalized spacial score (nSPS) is 14.3. The van der Waals surface area contributed by atoms with Crippen LogP contribution in [-0.2, 0) is 14.4 Å². The second kappa shape index (κ2) is 11.8. The highest BCUT2D eigenvalue weighted by atomic mass is 35.5. The Hall–Kier alpha value is -4.63. The summed E-state index contributed by atoms with van der Waals surface area (Å²) >= 11 is 6.01. The van der Waals surface area contributed by atoms with Gasteiger partial charge in [-0.2, -0.15) is 0 Å². The zero-order chi connectivity index (χ0) is 28.1. The monoisotopic (exact) mass is 547 g/mol. The van der Waals surface area contributed by atoms with Crippen LogP contribution in [0, 0.1) is 13.8 Å². The number of rotatable bonds is 8. The van der Waals surface area contributed by atoms with Gasteiger partial charge in [-0.25, -0.2) is 9.69 Å². The Morgan fingerprint density at radius 2 is 1.77 bits per heavy atom. The van der Waals surface area contributed by atoms with Crippen molar-refractivity contribution in [1.29, 1.82) is 0 Å². The fourth-order valence-corrected chi connectivity index (χ4v) is 4.02. The first-order chi connectivity index (χ1) is 18.7. The van der Waals surface area contributed by atoms with Gasteiger partial charge in [0.2, 0.25) is 0 Å². The highest BCUT2D eigenvalue weighted by Gasteiger charge is 2.36. The quantitative estimate of drug-likeness (QED) is 0.302. The van der Waals surface area contributed by atoms with Crippen LogP contribution in [-0.4, -0.2) is 37.0 Å². The molecule has 0 aliphatic carbocycles. The molecule has 1 saturated heterocycles. The molecule has 0 aromatic heterocycles. The molecule has 3 aromatic rings. The Bertz CT molecular complexity index is 1500. The minimum Gasteiger partial charge on any atom is -0.490 e. The highest BCUT2D eigenvalue weighted by Crippen LogP contribution is 2.31. The molecule has 1 fully saturated rings. The van der Waals surface area contributed by atoms with Gasteiger partial charge in [0.15, 0.2) is 18.1 Å². The van der Waals surface area contributed by atoms with E-state index in [4.69, 9.17) is 21.1 Å². The molecule has 0 spiro atoms. The fraction of sp³-hybridized carbons (Fsp3) is 0.172. The lowest BCUT2D eigenvalue weighted by atomic mass is 10.1. The van der Waals surface area contributed by atoms with Crippen molar-refractivity contribution in [3.63, 3.8) is 0 Å². The third-order valence-corrected chi connectivity index (χ3v) is 6.13. The molecule has 1 aliphatic heterocycles. The Morgan fingerprint density at radius 1 is 0.974 bits per heavy atom. The molecule has 0 radical (unpaired) electrons. The predicted octanol–water partition coefficient (Wildman–Crippen LogP) is 5.04. The maximum Gasteiger partial charge on any atom is 0.335 e. The molecule has 4 rings (SSSR count). The Labute approximate surface area is 230 Å². The molecule has 1 aliphatic rings. The van der Waals surface area contributed by atoms with Crippen LogP contribution in [0.15, 0.2) is 66.2 Å². The summed E-state index contributed by atoms with van der Waals surface area (Å²) < 4.78 is 11.4. The number of aryl methyl sites for hydroxylation is 2. The fourth-order valence-electron chi connectivity index (χ4n) is 3.84. The van der Waals surface area contributed by atoms with Crippen LogP contribution >= 0.6 is 11.6 Å². The van der Waals surface area contributed by atoms with Gasteiger partial charge in [-0.3, -0.25) is 19.7 Å². The molecule has 3 aromatic carbocycles. The number of anilines is 2. The van der Waals surface area contributed by atoms with Gasteiger partial charge in [0, 0.05) is 10.7 Å². The summed E-state index contributed by atoms with van der Waals surface area (Å²) in [6.45, 7) is 5.79. The molecule has 2 N–H and O–H groups in total. The molecule has 0 bridgehead atoms. The summed E-state index contributed by atoms with van der Waals surface area (Å²) in [6.07, 6.45) is 1.35. The molecule has 9 nitrogen and oxygen atoms in total. The van der Waals surface area contributed by atoms with Crippen LogP contribution < -0.4 is 25.0 Å². The third-order valence-electron chi connectivity index (χ3n) is 5.90. The van der Waals surface area contributed by atoms with Gasteiger partial charge in [-0.05, 0) is 86.0 Å². The lowest BCUT2D eigenvalue weighted by molar-refractivity contribution is -0.122. The Morgan fingerprint density at radius 3 is 2.49 bits per heavy atom. The van der Waals surface area contributed by atoms with Crippen LogP contribution in [0.3, 0.4) is 0 Å². The number of ether oxygens (including phenoxy) is 2. The molecule has 0 atom stereocenters. The van der Waals surface area contributed by atoms with Crippen LogP contribution in [0.2, 0.25) is 5.02 Å². The van der Waals surface area contributed by atoms with E-state index >= 15 is 0 Å². The van der Waals surface area contributed by atoms with Gasteiger partial charge in [0.1, 0.15) is 5.57 Å². The molecule has 39 heavy (non-hydrogen) atoms. The van der Waals surface area contributed by atoms with E-state index in [0.29, 0.717) is 34.4 Å². The first kappa shape index (κ1) is 27.4. The summed E-state index contributed by atoms with van der Waals surface area (Å²) in [4.78, 5) is 51.4. The number of carbonyl (C=O) groups excluding carboxylic acids is 4. The number of amides is 5. The number of nitrogens with zero attached hydrogens (tertiary/aromatic N) is 1. The van der Waals surface area contributed by atoms with Gasteiger partial charge in [-0.1, -0.05) is 29.8 Å². The molecule has 10 heteroatoms. The summed E-state index contributed by atoms with van der Waals surface area (Å²) in [7, 11) is 0. The van der Waals surface area contributed by atoms with Gasteiger partial charge in [0.25, 0.3) is 17.7 Å². The van der Waals surface area contributed by atoms with E-state index in [-0.39, 0.29) is 23.8 Å². The lowest BCUT2D eigenvalue weighted by Gasteiger charge is -2.26. The number of carbonyl (C=O) groups is 4. The maximum absolute atomic E-state index is 13.1. The van der Waals surface area contributed by atoms with Crippen LogP contribution in [0.1, 0.15) is 23.6 Å². The number of barbiturate groups is 1. The summed E-state index contributed by atoms with van der Waals surface area (Å²) in [5, 5.41) is 5.30. The first-order valence-corrected chi connectivity index (χ1v) is 12.5. The summed E-state index contributed by atoms with van der Waals surface area (Å²) in [6, 6.07) is 15.7. The zero-order valence-corrected chi connectivity index (χ0v) is 22.3. The van der Waals surface area contributed by atoms with Crippen LogP contribution in [0.5, 0.6) is 11.5 Å². The summed E-state index contributed by atoms with van der Waals surface area (Å²) in [5.41, 5.74) is 3.27. The maximum atomic E-state index is 13.1. The standard InChI is InChI=1S/C29H26ClN3O6/c1-4-38-25-14-19(9-11-24(25)39-16-26(34)31-21-10-8-17(2)18(3)12-21)13-23-27(35)32-29(37)33(28(23)36)22-7-5-6-20(30)15-22/h5-15H,4,16H2,1-3H3,(H,31,34)(H,32,35,37)/b23-13+. The molecule has 0 saturated carbocycles. The van der Waals surface area contributed by atoms with Gasteiger partial charge < -0.3 is 14.8 Å². The van der Waals surface area contributed by atoms with E-state index in [0.717, 1.165) is 16.0 Å². The van der Waals surface area contributed by atoms with Crippen molar-refractivity contribution in [3.05, 3.63) is 87.9 Å². The first-order valence-electron chi connectivity index (χ1n) is 12.1. The van der Waals surface area contributed by atoms with Crippen molar-refractivity contribution in [2.75, 3.05) is 23.4 Å². The van der Waals surface area contributed by atoms with Gasteiger partial charge in [-0.15, -0.1) is 0 Å². The molecule has 200 valence electrons. The van der Waals surface area contributed by atoms with E-state index < -0.39 is 17.8 Å². The van der Waals surface area contributed by atoms with Crippen molar-refractivity contribution in [1.82, 2.24) is 5.32 Å². The number of urea groups is 1. The Kier molecular flexibility index (Phi) is 8.31. The van der Waals surface area contributed by atoms with E-state index in [1.54, 1.807) is 37.3 Å².